The second-order valence-electron chi connectivity index (χ2n) is 5.07. The number of ether oxygens (including phenoxy) is 1. The first-order chi connectivity index (χ1) is 9.07. The molecule has 19 heavy (non-hydrogen) atoms. The van der Waals surface area contributed by atoms with Crippen molar-refractivity contribution in [1.82, 2.24) is 5.32 Å². The quantitative estimate of drug-likeness (QED) is 0.888. The van der Waals surface area contributed by atoms with E-state index in [9.17, 15) is 8.42 Å². The van der Waals surface area contributed by atoms with Crippen molar-refractivity contribution in [3.05, 3.63) is 29.8 Å². The maximum absolute atomic E-state index is 11.7. The Morgan fingerprint density at radius 1 is 1.42 bits per heavy atom. The molecule has 2 rings (SSSR count). The molecular weight excluding hydrogens is 262 g/mol. The molecule has 1 heterocycles. The molecule has 0 aliphatic carbocycles. The summed E-state index contributed by atoms with van der Waals surface area (Å²) in [6, 6.07) is 7.88. The molecule has 0 amide bonds. The molecule has 1 aromatic rings. The lowest BCUT2D eigenvalue weighted by Gasteiger charge is -2.24. The Morgan fingerprint density at radius 3 is 2.74 bits per heavy atom. The van der Waals surface area contributed by atoms with Crippen molar-refractivity contribution < 1.29 is 13.2 Å². The molecule has 2 unspecified atom stereocenters. The number of likely N-dealkylation sites (N-methyl/N-ethyl adjacent to an activating group) is 1. The molecule has 5 heteroatoms. The van der Waals surface area contributed by atoms with Crippen molar-refractivity contribution in [2.75, 3.05) is 32.2 Å². The summed E-state index contributed by atoms with van der Waals surface area (Å²) < 4.78 is 28.8. The van der Waals surface area contributed by atoms with Gasteiger partial charge in [-0.2, -0.15) is 0 Å². The minimum atomic E-state index is -2.85. The van der Waals surface area contributed by atoms with Gasteiger partial charge in [-0.25, -0.2) is 8.42 Å². The number of sulfone groups is 1. The van der Waals surface area contributed by atoms with Crippen LogP contribution in [0.1, 0.15) is 17.9 Å². The number of nitrogens with one attached hydrogen (secondary N) is 1. The highest BCUT2D eigenvalue weighted by Crippen LogP contribution is 2.36. The van der Waals surface area contributed by atoms with Gasteiger partial charge in [-0.3, -0.25) is 0 Å². The molecule has 0 saturated carbocycles. The first-order valence-corrected chi connectivity index (χ1v) is 8.37. The minimum absolute atomic E-state index is 0.175. The van der Waals surface area contributed by atoms with Crippen molar-refractivity contribution in [3.8, 4) is 5.75 Å². The average molecular weight is 283 g/mol. The van der Waals surface area contributed by atoms with Gasteiger partial charge in [0, 0.05) is 12.5 Å². The van der Waals surface area contributed by atoms with Crippen molar-refractivity contribution in [1.29, 1.82) is 0 Å². The van der Waals surface area contributed by atoms with Gasteiger partial charge in [-0.05, 0) is 31.0 Å². The van der Waals surface area contributed by atoms with Gasteiger partial charge in [-0.1, -0.05) is 18.2 Å². The van der Waals surface area contributed by atoms with E-state index in [0.717, 1.165) is 24.3 Å². The zero-order valence-electron chi connectivity index (χ0n) is 11.4. The third-order valence-electron chi connectivity index (χ3n) is 3.80. The number of hydrogen-bond donors (Lipinski definition) is 1. The summed E-state index contributed by atoms with van der Waals surface area (Å²) in [6.45, 7) is 0.764. The van der Waals surface area contributed by atoms with Crippen LogP contribution in [0.5, 0.6) is 5.75 Å². The molecule has 0 aromatic heterocycles. The van der Waals surface area contributed by atoms with Crippen LogP contribution >= 0.6 is 0 Å². The molecular formula is C14H21NO3S. The van der Waals surface area contributed by atoms with Crippen LogP contribution in [0.4, 0.5) is 0 Å². The van der Waals surface area contributed by atoms with Crippen LogP contribution in [0.2, 0.25) is 0 Å². The molecule has 1 aliphatic heterocycles. The lowest BCUT2D eigenvalue weighted by molar-refractivity contribution is 0.386. The van der Waals surface area contributed by atoms with Gasteiger partial charge in [0.05, 0.1) is 18.6 Å². The second kappa shape index (κ2) is 5.92. The topological polar surface area (TPSA) is 55.4 Å². The van der Waals surface area contributed by atoms with E-state index in [1.807, 2.05) is 31.3 Å². The first kappa shape index (κ1) is 14.3. The van der Waals surface area contributed by atoms with Gasteiger partial charge in [0.15, 0.2) is 9.84 Å². The average Bonchev–Trinajstić information content (AvgIpc) is 2.76. The maximum Gasteiger partial charge on any atom is 0.150 e. The monoisotopic (exact) mass is 283 g/mol. The highest BCUT2D eigenvalue weighted by molar-refractivity contribution is 7.91. The fourth-order valence-corrected chi connectivity index (χ4v) is 4.74. The van der Waals surface area contributed by atoms with Gasteiger partial charge >= 0.3 is 0 Å². The molecule has 1 aromatic carbocycles. The van der Waals surface area contributed by atoms with E-state index < -0.39 is 9.84 Å². The summed E-state index contributed by atoms with van der Waals surface area (Å²) in [7, 11) is 0.693. The zero-order valence-corrected chi connectivity index (χ0v) is 12.2. The molecule has 2 atom stereocenters. The lowest BCUT2D eigenvalue weighted by Crippen LogP contribution is -2.25. The zero-order chi connectivity index (χ0) is 13.9. The Morgan fingerprint density at radius 2 is 2.16 bits per heavy atom. The fourth-order valence-electron chi connectivity index (χ4n) is 2.86. The minimum Gasteiger partial charge on any atom is -0.496 e. The number of para-hydroxylation sites is 1. The number of rotatable bonds is 5. The second-order valence-corrected chi connectivity index (χ2v) is 7.30. The Balaban J connectivity index is 2.30. The summed E-state index contributed by atoms with van der Waals surface area (Å²) in [5.74, 6) is 1.80. The summed E-state index contributed by atoms with van der Waals surface area (Å²) >= 11 is 0. The smallest absolute Gasteiger partial charge is 0.150 e. The summed E-state index contributed by atoms with van der Waals surface area (Å²) in [4.78, 5) is 0. The van der Waals surface area contributed by atoms with Crippen LogP contribution in [0.25, 0.3) is 0 Å². The number of methoxy groups -OCH3 is 1. The molecule has 1 aliphatic rings. The SMILES string of the molecule is CNCC(c1ccccc1OC)C1CCS(=O)(=O)C1. The standard InChI is InChI=1S/C14H21NO3S/c1-15-9-13(11-7-8-19(16,17)10-11)12-5-3-4-6-14(12)18-2/h3-6,11,13,15H,7-10H2,1-2H3. The van der Waals surface area contributed by atoms with Gasteiger partial charge < -0.3 is 10.1 Å². The van der Waals surface area contributed by atoms with E-state index in [0.29, 0.717) is 5.75 Å². The molecule has 0 bridgehead atoms. The molecule has 4 nitrogen and oxygen atoms in total. The lowest BCUT2D eigenvalue weighted by atomic mass is 9.85. The largest absolute Gasteiger partial charge is 0.496 e. The van der Waals surface area contributed by atoms with E-state index in [1.165, 1.54) is 0 Å². The van der Waals surface area contributed by atoms with Crippen molar-refractivity contribution in [2.24, 2.45) is 5.92 Å². The van der Waals surface area contributed by atoms with Crippen molar-refractivity contribution >= 4 is 9.84 Å². The molecule has 1 N–H and O–H groups in total. The molecule has 0 spiro atoms. The normalized spacial score (nSPS) is 23.2. The molecule has 1 saturated heterocycles. The summed E-state index contributed by atoms with van der Waals surface area (Å²) in [5, 5.41) is 3.17. The van der Waals surface area contributed by atoms with E-state index in [4.69, 9.17) is 4.74 Å². The molecule has 1 fully saturated rings. The van der Waals surface area contributed by atoms with E-state index >= 15 is 0 Å². The Hall–Kier alpha value is -1.07. The predicted molar refractivity (Wildman–Crippen MR) is 76.4 cm³/mol. The van der Waals surface area contributed by atoms with Gasteiger partial charge in [0.2, 0.25) is 0 Å². The van der Waals surface area contributed by atoms with Crippen molar-refractivity contribution in [2.45, 2.75) is 12.3 Å². The molecule has 0 radical (unpaired) electrons. The molecule has 106 valence electrons. The van der Waals surface area contributed by atoms with Crippen LogP contribution in [0.15, 0.2) is 24.3 Å². The summed E-state index contributed by atoms with van der Waals surface area (Å²) in [6.07, 6.45) is 0.743. The number of hydrogen-bond acceptors (Lipinski definition) is 4. The van der Waals surface area contributed by atoms with Crippen LogP contribution < -0.4 is 10.1 Å². The summed E-state index contributed by atoms with van der Waals surface area (Å²) in [5.41, 5.74) is 1.10. The van der Waals surface area contributed by atoms with Gasteiger partial charge in [0.1, 0.15) is 5.75 Å². The highest BCUT2D eigenvalue weighted by atomic mass is 32.2. The van der Waals surface area contributed by atoms with Gasteiger partial charge in [0.25, 0.3) is 0 Å². The third kappa shape index (κ3) is 3.28. The van der Waals surface area contributed by atoms with Crippen LogP contribution in [0, 0.1) is 5.92 Å². The van der Waals surface area contributed by atoms with Crippen molar-refractivity contribution in [3.63, 3.8) is 0 Å². The predicted octanol–water partition coefficient (Wildman–Crippen LogP) is 1.43. The third-order valence-corrected chi connectivity index (χ3v) is 5.59. The fraction of sp³-hybridized carbons (Fsp3) is 0.571. The number of benzene rings is 1. The van der Waals surface area contributed by atoms with Crippen LogP contribution in [-0.4, -0.2) is 40.6 Å². The van der Waals surface area contributed by atoms with E-state index in [-0.39, 0.29) is 17.6 Å². The van der Waals surface area contributed by atoms with Crippen LogP contribution in [0.3, 0.4) is 0 Å². The Kier molecular flexibility index (Phi) is 4.47. The Labute approximate surface area is 115 Å². The highest BCUT2D eigenvalue weighted by Gasteiger charge is 2.35. The van der Waals surface area contributed by atoms with Crippen LogP contribution in [-0.2, 0) is 9.84 Å². The van der Waals surface area contributed by atoms with Gasteiger partial charge in [-0.15, -0.1) is 0 Å². The maximum atomic E-state index is 11.7. The van der Waals surface area contributed by atoms with E-state index in [1.54, 1.807) is 7.11 Å². The Bertz CT molecular complexity index is 527. The first-order valence-electron chi connectivity index (χ1n) is 6.55. The van der Waals surface area contributed by atoms with E-state index in [2.05, 4.69) is 5.32 Å².